The minimum Gasteiger partial charge on any atom is -0.493 e. The van der Waals surface area contributed by atoms with E-state index in [1.165, 1.54) is 11.1 Å². The molecule has 6 heteroatoms. The number of aryl methyl sites for hydroxylation is 1. The first-order valence-corrected chi connectivity index (χ1v) is 8.73. The topological polar surface area (TPSA) is 82.3 Å². The predicted octanol–water partition coefficient (Wildman–Crippen LogP) is 3.72. The summed E-state index contributed by atoms with van der Waals surface area (Å²) in [4.78, 5) is 9.11. The maximum Gasteiger partial charge on any atom is 0.225 e. The standard InChI is InChI=1S/C20H22N4O2/c1-25-17-10-14-16(11-18(17)26-2)23-20(24-19(14)21)22-15-9-5-7-12-6-3-4-8-13(12)15/h3-4,6,8,10-11,15H,5,7,9H2,1-2H3,(H3,21,22,23,24). The number of methoxy groups -OCH3 is 2. The Kier molecular flexibility index (Phi) is 4.24. The number of nitrogen functional groups attached to an aromatic ring is 1. The first kappa shape index (κ1) is 16.4. The third-order valence-electron chi connectivity index (χ3n) is 4.90. The molecule has 1 aliphatic carbocycles. The number of rotatable bonds is 4. The van der Waals surface area contributed by atoms with Crippen LogP contribution < -0.4 is 20.5 Å². The molecule has 2 aromatic carbocycles. The number of aromatic nitrogens is 2. The highest BCUT2D eigenvalue weighted by molar-refractivity contribution is 5.91. The van der Waals surface area contributed by atoms with Crippen molar-refractivity contribution in [3.63, 3.8) is 0 Å². The third kappa shape index (κ3) is 2.87. The van der Waals surface area contributed by atoms with Gasteiger partial charge in [0.2, 0.25) is 5.95 Å². The Labute approximate surface area is 152 Å². The molecule has 0 saturated heterocycles. The second kappa shape index (κ2) is 6.71. The van der Waals surface area contributed by atoms with Crippen molar-refractivity contribution in [2.24, 2.45) is 0 Å². The van der Waals surface area contributed by atoms with Gasteiger partial charge in [-0.2, -0.15) is 4.98 Å². The highest BCUT2D eigenvalue weighted by atomic mass is 16.5. The van der Waals surface area contributed by atoms with Gasteiger partial charge in [-0.05, 0) is 36.5 Å². The van der Waals surface area contributed by atoms with E-state index < -0.39 is 0 Å². The van der Waals surface area contributed by atoms with Crippen molar-refractivity contribution in [3.05, 3.63) is 47.5 Å². The molecule has 0 spiro atoms. The SMILES string of the molecule is COc1cc2nc(NC3CCCc4ccccc43)nc(N)c2cc1OC. The molecule has 26 heavy (non-hydrogen) atoms. The Balaban J connectivity index is 1.72. The average Bonchev–Trinajstić information content (AvgIpc) is 2.67. The van der Waals surface area contributed by atoms with Gasteiger partial charge in [-0.3, -0.25) is 0 Å². The van der Waals surface area contributed by atoms with Crippen LogP contribution in [0.25, 0.3) is 10.9 Å². The zero-order chi connectivity index (χ0) is 18.1. The second-order valence-corrected chi connectivity index (χ2v) is 6.44. The number of ether oxygens (including phenoxy) is 2. The number of nitrogens with one attached hydrogen (secondary N) is 1. The summed E-state index contributed by atoms with van der Waals surface area (Å²) in [5, 5.41) is 4.21. The van der Waals surface area contributed by atoms with Crippen molar-refractivity contribution < 1.29 is 9.47 Å². The van der Waals surface area contributed by atoms with E-state index in [4.69, 9.17) is 15.2 Å². The molecule has 3 N–H and O–H groups in total. The van der Waals surface area contributed by atoms with Crippen molar-refractivity contribution in [2.75, 3.05) is 25.3 Å². The molecule has 4 rings (SSSR count). The van der Waals surface area contributed by atoms with Gasteiger partial charge in [0.15, 0.2) is 11.5 Å². The summed E-state index contributed by atoms with van der Waals surface area (Å²) < 4.78 is 10.7. The highest BCUT2D eigenvalue weighted by Crippen LogP contribution is 2.35. The van der Waals surface area contributed by atoms with Gasteiger partial charge in [0.1, 0.15) is 5.82 Å². The number of nitrogens with zero attached hydrogens (tertiary/aromatic N) is 2. The average molecular weight is 350 g/mol. The number of fused-ring (bicyclic) bond motifs is 2. The van der Waals surface area contributed by atoms with Crippen LogP contribution in [0.5, 0.6) is 11.5 Å². The first-order chi connectivity index (χ1) is 12.7. The Bertz CT molecular complexity index is 958. The minimum absolute atomic E-state index is 0.192. The summed E-state index contributed by atoms with van der Waals surface area (Å²) in [6.45, 7) is 0. The normalized spacial score (nSPS) is 16.2. The lowest BCUT2D eigenvalue weighted by molar-refractivity contribution is 0.356. The Morgan fingerprint density at radius 3 is 2.65 bits per heavy atom. The fourth-order valence-corrected chi connectivity index (χ4v) is 3.60. The molecule has 0 aliphatic heterocycles. The summed E-state index contributed by atoms with van der Waals surface area (Å²) in [5.41, 5.74) is 9.61. The monoisotopic (exact) mass is 350 g/mol. The number of anilines is 2. The fraction of sp³-hybridized carbons (Fsp3) is 0.300. The lowest BCUT2D eigenvalue weighted by atomic mass is 9.88. The van der Waals surface area contributed by atoms with E-state index in [2.05, 4.69) is 39.6 Å². The van der Waals surface area contributed by atoms with E-state index in [0.717, 1.165) is 30.2 Å². The zero-order valence-corrected chi connectivity index (χ0v) is 15.0. The van der Waals surface area contributed by atoms with E-state index in [9.17, 15) is 0 Å². The highest BCUT2D eigenvalue weighted by Gasteiger charge is 2.21. The van der Waals surface area contributed by atoms with E-state index in [-0.39, 0.29) is 6.04 Å². The summed E-state index contributed by atoms with van der Waals surface area (Å²) in [7, 11) is 3.20. The van der Waals surface area contributed by atoms with Gasteiger partial charge in [-0.1, -0.05) is 24.3 Å². The molecule has 0 radical (unpaired) electrons. The summed E-state index contributed by atoms with van der Waals surface area (Å²) >= 11 is 0. The van der Waals surface area contributed by atoms with Crippen molar-refractivity contribution in [3.8, 4) is 11.5 Å². The summed E-state index contributed by atoms with van der Waals surface area (Å²) in [6, 6.07) is 12.4. The van der Waals surface area contributed by atoms with Gasteiger partial charge >= 0.3 is 0 Å². The van der Waals surface area contributed by atoms with Gasteiger partial charge < -0.3 is 20.5 Å². The van der Waals surface area contributed by atoms with Crippen LogP contribution in [0.15, 0.2) is 36.4 Å². The molecular weight excluding hydrogens is 328 g/mol. The predicted molar refractivity (Wildman–Crippen MR) is 103 cm³/mol. The largest absolute Gasteiger partial charge is 0.493 e. The van der Waals surface area contributed by atoms with Crippen LogP contribution in [0.4, 0.5) is 11.8 Å². The fourth-order valence-electron chi connectivity index (χ4n) is 3.60. The number of hydrogen-bond donors (Lipinski definition) is 2. The lowest BCUT2D eigenvalue weighted by Crippen LogP contribution is -2.19. The minimum atomic E-state index is 0.192. The zero-order valence-electron chi connectivity index (χ0n) is 15.0. The molecule has 134 valence electrons. The van der Waals surface area contributed by atoms with Gasteiger partial charge in [0, 0.05) is 11.5 Å². The molecule has 1 atom stereocenters. The molecule has 1 aliphatic rings. The van der Waals surface area contributed by atoms with Crippen molar-refractivity contribution in [1.82, 2.24) is 9.97 Å². The molecule has 0 bridgehead atoms. The first-order valence-electron chi connectivity index (χ1n) is 8.73. The molecule has 6 nitrogen and oxygen atoms in total. The van der Waals surface area contributed by atoms with Gasteiger partial charge in [0.05, 0.1) is 25.8 Å². The molecular formula is C20H22N4O2. The molecule has 1 heterocycles. The number of benzene rings is 2. The summed E-state index contributed by atoms with van der Waals surface area (Å²) in [6.07, 6.45) is 3.30. The summed E-state index contributed by atoms with van der Waals surface area (Å²) in [5.74, 6) is 2.18. The second-order valence-electron chi connectivity index (χ2n) is 6.44. The third-order valence-corrected chi connectivity index (χ3v) is 4.90. The van der Waals surface area contributed by atoms with Gasteiger partial charge in [-0.15, -0.1) is 0 Å². The van der Waals surface area contributed by atoms with Crippen LogP contribution >= 0.6 is 0 Å². The van der Waals surface area contributed by atoms with Crippen molar-refractivity contribution in [1.29, 1.82) is 0 Å². The maximum absolute atomic E-state index is 6.18. The van der Waals surface area contributed by atoms with Crippen molar-refractivity contribution >= 4 is 22.7 Å². The van der Waals surface area contributed by atoms with Crippen molar-refractivity contribution in [2.45, 2.75) is 25.3 Å². The molecule has 1 aromatic heterocycles. The number of hydrogen-bond acceptors (Lipinski definition) is 6. The van der Waals surface area contributed by atoms with Crippen LogP contribution in [0.1, 0.15) is 30.0 Å². The maximum atomic E-state index is 6.18. The smallest absolute Gasteiger partial charge is 0.225 e. The Morgan fingerprint density at radius 2 is 1.85 bits per heavy atom. The van der Waals surface area contributed by atoms with Gasteiger partial charge in [0.25, 0.3) is 0 Å². The van der Waals surface area contributed by atoms with E-state index >= 15 is 0 Å². The Hall–Kier alpha value is -3.02. The van der Waals surface area contributed by atoms with Gasteiger partial charge in [-0.25, -0.2) is 4.98 Å². The van der Waals surface area contributed by atoms with Crippen LogP contribution in [0.3, 0.4) is 0 Å². The molecule has 3 aromatic rings. The van der Waals surface area contributed by atoms with Crippen LogP contribution in [0.2, 0.25) is 0 Å². The van der Waals surface area contributed by atoms with Crippen LogP contribution in [-0.2, 0) is 6.42 Å². The van der Waals surface area contributed by atoms with E-state index in [1.807, 2.05) is 12.1 Å². The lowest BCUT2D eigenvalue weighted by Gasteiger charge is -2.26. The molecule has 0 fully saturated rings. The van der Waals surface area contributed by atoms with Crippen LogP contribution in [-0.4, -0.2) is 24.2 Å². The number of nitrogens with two attached hydrogens (primary N) is 1. The molecule has 0 saturated carbocycles. The quantitative estimate of drug-likeness (QED) is 0.746. The molecule has 0 amide bonds. The molecule has 1 unspecified atom stereocenters. The van der Waals surface area contributed by atoms with Crippen LogP contribution in [0, 0.1) is 0 Å². The Morgan fingerprint density at radius 1 is 1.08 bits per heavy atom. The van der Waals surface area contributed by atoms with E-state index in [0.29, 0.717) is 23.3 Å². The van der Waals surface area contributed by atoms with E-state index in [1.54, 1.807) is 14.2 Å².